The lowest BCUT2D eigenvalue weighted by molar-refractivity contribution is -0.116. The second kappa shape index (κ2) is 4.28. The van der Waals surface area contributed by atoms with E-state index in [1.807, 2.05) is 6.92 Å². The molecule has 1 heterocycles. The number of hydrogen-bond acceptors (Lipinski definition) is 4. The van der Waals surface area contributed by atoms with Gasteiger partial charge >= 0.3 is 0 Å². The second-order valence-electron chi connectivity index (χ2n) is 3.76. The number of amides is 1. The van der Waals surface area contributed by atoms with Crippen molar-refractivity contribution in [3.63, 3.8) is 0 Å². The van der Waals surface area contributed by atoms with E-state index >= 15 is 0 Å². The highest BCUT2D eigenvalue weighted by atomic mass is 32.2. The lowest BCUT2D eigenvalue weighted by Crippen LogP contribution is -2.33. The Morgan fingerprint density at radius 2 is 2.20 bits per heavy atom. The summed E-state index contributed by atoms with van der Waals surface area (Å²) in [5.74, 6) is 4.94. The molecular formula is C10H15N3OS. The Bertz CT molecular complexity index is 360. The number of nitrogens with one attached hydrogen (secondary N) is 2. The number of carbonyl (C=O) groups excluding carboxylic acids is 1. The number of carbonyl (C=O) groups is 1. The summed E-state index contributed by atoms with van der Waals surface area (Å²) in [5.41, 5.74) is 4.38. The predicted molar refractivity (Wildman–Crippen MR) is 61.3 cm³/mol. The minimum absolute atomic E-state index is 0.206. The van der Waals surface area contributed by atoms with Crippen molar-refractivity contribution in [2.75, 3.05) is 0 Å². The van der Waals surface area contributed by atoms with Gasteiger partial charge in [-0.05, 0) is 32.6 Å². The molecule has 0 bridgehead atoms. The van der Waals surface area contributed by atoms with E-state index in [0.29, 0.717) is 4.91 Å². The topological polar surface area (TPSA) is 67.2 Å². The zero-order chi connectivity index (χ0) is 10.8. The molecule has 1 aliphatic carbocycles. The molecule has 1 amide bonds. The number of thioether (sulfide) groups is 1. The van der Waals surface area contributed by atoms with Crippen LogP contribution in [0.1, 0.15) is 32.6 Å². The smallest absolute Gasteiger partial charge is 0.273 e. The van der Waals surface area contributed by atoms with Crippen LogP contribution in [0, 0.1) is 0 Å². The van der Waals surface area contributed by atoms with E-state index in [-0.39, 0.29) is 5.91 Å². The van der Waals surface area contributed by atoms with Crippen molar-refractivity contribution in [1.82, 2.24) is 10.7 Å². The lowest BCUT2D eigenvalue weighted by Gasteiger charge is -2.27. The molecule has 0 radical (unpaired) electrons. The van der Waals surface area contributed by atoms with E-state index in [2.05, 4.69) is 10.7 Å². The molecule has 0 saturated carbocycles. The average molecular weight is 225 g/mol. The van der Waals surface area contributed by atoms with Crippen LogP contribution in [0.15, 0.2) is 21.2 Å². The van der Waals surface area contributed by atoms with Crippen LogP contribution in [0.2, 0.25) is 0 Å². The molecule has 5 heteroatoms. The third-order valence-electron chi connectivity index (χ3n) is 2.66. The molecule has 0 spiro atoms. The van der Waals surface area contributed by atoms with Crippen molar-refractivity contribution in [3.05, 3.63) is 21.2 Å². The molecule has 15 heavy (non-hydrogen) atoms. The maximum Gasteiger partial charge on any atom is 0.273 e. The highest BCUT2D eigenvalue weighted by molar-refractivity contribution is 8.07. The van der Waals surface area contributed by atoms with Gasteiger partial charge in [0.15, 0.2) is 0 Å². The van der Waals surface area contributed by atoms with Crippen LogP contribution in [0.4, 0.5) is 0 Å². The van der Waals surface area contributed by atoms with E-state index in [1.165, 1.54) is 23.4 Å². The van der Waals surface area contributed by atoms with Gasteiger partial charge in [-0.1, -0.05) is 11.8 Å². The van der Waals surface area contributed by atoms with Crippen LogP contribution >= 0.6 is 11.8 Å². The van der Waals surface area contributed by atoms with Crippen molar-refractivity contribution in [2.24, 2.45) is 5.84 Å². The normalized spacial score (nSPS) is 20.9. The van der Waals surface area contributed by atoms with Gasteiger partial charge in [0.05, 0.1) is 4.91 Å². The van der Waals surface area contributed by atoms with Crippen molar-refractivity contribution in [1.29, 1.82) is 0 Å². The Balaban J connectivity index is 2.20. The van der Waals surface area contributed by atoms with Crippen molar-refractivity contribution < 1.29 is 4.79 Å². The van der Waals surface area contributed by atoms with Gasteiger partial charge in [0.2, 0.25) is 0 Å². The van der Waals surface area contributed by atoms with Gasteiger partial charge in [-0.25, -0.2) is 5.84 Å². The maximum atomic E-state index is 11.5. The molecule has 1 aliphatic heterocycles. The molecule has 0 aromatic heterocycles. The first kappa shape index (κ1) is 10.6. The number of hydrazine groups is 1. The molecule has 4 N–H and O–H groups in total. The summed E-state index contributed by atoms with van der Waals surface area (Å²) in [7, 11) is 0. The Hall–Kier alpha value is -0.940. The molecule has 0 saturated heterocycles. The van der Waals surface area contributed by atoms with Gasteiger partial charge in [-0.2, -0.15) is 0 Å². The first-order chi connectivity index (χ1) is 7.22. The van der Waals surface area contributed by atoms with Crippen LogP contribution in [0.5, 0.6) is 0 Å². The molecule has 4 nitrogen and oxygen atoms in total. The van der Waals surface area contributed by atoms with Gasteiger partial charge in [0.25, 0.3) is 5.91 Å². The van der Waals surface area contributed by atoms with E-state index in [4.69, 9.17) is 5.84 Å². The number of nitrogens with two attached hydrogens (primary N) is 1. The first-order valence-electron chi connectivity index (χ1n) is 5.11. The summed E-state index contributed by atoms with van der Waals surface area (Å²) < 4.78 is 0. The summed E-state index contributed by atoms with van der Waals surface area (Å²) in [6.45, 7) is 1.91. The highest BCUT2D eigenvalue weighted by Crippen LogP contribution is 2.40. The fraction of sp³-hybridized carbons (Fsp3) is 0.500. The summed E-state index contributed by atoms with van der Waals surface area (Å²) in [6, 6.07) is 0. The Kier molecular flexibility index (Phi) is 3.02. The fourth-order valence-corrected chi connectivity index (χ4v) is 3.01. The number of rotatable bonds is 1. The van der Waals surface area contributed by atoms with Crippen molar-refractivity contribution >= 4 is 17.7 Å². The zero-order valence-electron chi connectivity index (χ0n) is 8.72. The quantitative estimate of drug-likeness (QED) is 0.358. The first-order valence-corrected chi connectivity index (χ1v) is 5.92. The second-order valence-corrected chi connectivity index (χ2v) is 4.87. The Morgan fingerprint density at radius 3 is 2.93 bits per heavy atom. The summed E-state index contributed by atoms with van der Waals surface area (Å²) in [5, 5.41) is 3.31. The van der Waals surface area contributed by atoms with Crippen LogP contribution in [-0.2, 0) is 4.79 Å². The highest BCUT2D eigenvalue weighted by Gasteiger charge is 2.24. The van der Waals surface area contributed by atoms with Gasteiger partial charge in [-0.3, -0.25) is 10.2 Å². The van der Waals surface area contributed by atoms with E-state index < -0.39 is 0 Å². The number of hydrogen-bond donors (Lipinski definition) is 3. The van der Waals surface area contributed by atoms with Crippen molar-refractivity contribution in [2.45, 2.75) is 32.6 Å². The Labute approximate surface area is 93.3 Å². The summed E-state index contributed by atoms with van der Waals surface area (Å²) in [4.78, 5) is 13.5. The molecule has 82 valence electrons. The molecule has 0 aromatic carbocycles. The van der Waals surface area contributed by atoms with Crippen LogP contribution < -0.4 is 16.6 Å². The zero-order valence-corrected chi connectivity index (χ0v) is 9.54. The molecule has 0 aromatic rings. The summed E-state index contributed by atoms with van der Waals surface area (Å²) in [6.07, 6.45) is 4.61. The van der Waals surface area contributed by atoms with Gasteiger partial charge in [-0.15, -0.1) is 0 Å². The van der Waals surface area contributed by atoms with Crippen LogP contribution in [0.25, 0.3) is 0 Å². The summed E-state index contributed by atoms with van der Waals surface area (Å²) >= 11 is 1.56. The minimum atomic E-state index is -0.206. The number of allylic oxidation sites excluding steroid dienone is 3. The molecule has 0 fully saturated rings. The monoisotopic (exact) mass is 225 g/mol. The minimum Gasteiger partial charge on any atom is -0.361 e. The van der Waals surface area contributed by atoms with Crippen LogP contribution in [-0.4, -0.2) is 5.91 Å². The molecule has 2 aliphatic rings. The average Bonchev–Trinajstić information content (AvgIpc) is 2.27. The van der Waals surface area contributed by atoms with Gasteiger partial charge in [0, 0.05) is 16.3 Å². The SMILES string of the molecule is CC1=C(C(=O)NN)SC2=C(CCCC2)N1. The third-order valence-corrected chi connectivity index (χ3v) is 4.05. The molecule has 0 atom stereocenters. The largest absolute Gasteiger partial charge is 0.361 e. The standard InChI is InChI=1S/C10H15N3OS/c1-6-9(10(14)13-11)15-8-5-3-2-4-7(8)12-6/h12H,2-5,11H2,1H3,(H,13,14). The van der Waals surface area contributed by atoms with Crippen molar-refractivity contribution in [3.8, 4) is 0 Å². The van der Waals surface area contributed by atoms with E-state index in [9.17, 15) is 4.79 Å². The van der Waals surface area contributed by atoms with E-state index in [0.717, 1.165) is 18.5 Å². The van der Waals surface area contributed by atoms with Gasteiger partial charge in [0.1, 0.15) is 0 Å². The molecule has 0 unspecified atom stereocenters. The Morgan fingerprint density at radius 1 is 1.47 bits per heavy atom. The van der Waals surface area contributed by atoms with E-state index in [1.54, 1.807) is 11.8 Å². The van der Waals surface area contributed by atoms with Crippen LogP contribution in [0.3, 0.4) is 0 Å². The fourth-order valence-electron chi connectivity index (χ4n) is 1.89. The lowest BCUT2D eigenvalue weighted by atomic mass is 10.0. The third kappa shape index (κ3) is 2.03. The predicted octanol–water partition coefficient (Wildman–Crippen LogP) is 1.33. The molecule has 2 rings (SSSR count). The van der Waals surface area contributed by atoms with Gasteiger partial charge < -0.3 is 5.32 Å². The maximum absolute atomic E-state index is 11.5. The molecular weight excluding hydrogens is 210 g/mol.